The minimum absolute atomic E-state index is 0.244. The van der Waals surface area contributed by atoms with Crippen LogP contribution in [0.4, 0.5) is 0 Å². The van der Waals surface area contributed by atoms with Crippen molar-refractivity contribution in [3.63, 3.8) is 0 Å². The van der Waals surface area contributed by atoms with E-state index in [2.05, 4.69) is 10.5 Å². The SMILES string of the molecule is O=C(N/N=C\c1c(Cl)cccc1Cl)[C@H]1CCCO1. The molecule has 0 aromatic heterocycles. The molecule has 96 valence electrons. The number of halogens is 2. The topological polar surface area (TPSA) is 50.7 Å². The highest BCUT2D eigenvalue weighted by Crippen LogP contribution is 2.22. The standard InChI is InChI=1S/C12H12Cl2N2O2/c13-9-3-1-4-10(14)8(9)7-15-16-12(17)11-5-2-6-18-11/h1,3-4,7,11H,2,5-6H2,(H,16,17)/b15-7-/t11-/m1/s1. The van der Waals surface area contributed by atoms with Crippen molar-refractivity contribution in [2.45, 2.75) is 18.9 Å². The van der Waals surface area contributed by atoms with Crippen LogP contribution >= 0.6 is 23.2 Å². The summed E-state index contributed by atoms with van der Waals surface area (Å²) in [4.78, 5) is 11.6. The summed E-state index contributed by atoms with van der Waals surface area (Å²) < 4.78 is 5.23. The Morgan fingerprint density at radius 3 is 2.78 bits per heavy atom. The molecule has 1 heterocycles. The molecule has 0 radical (unpaired) electrons. The quantitative estimate of drug-likeness (QED) is 0.686. The van der Waals surface area contributed by atoms with Crippen LogP contribution in [-0.4, -0.2) is 24.8 Å². The third-order valence-corrected chi connectivity index (χ3v) is 3.25. The van der Waals surface area contributed by atoms with Crippen molar-refractivity contribution < 1.29 is 9.53 Å². The van der Waals surface area contributed by atoms with E-state index < -0.39 is 6.10 Å². The van der Waals surface area contributed by atoms with Gasteiger partial charge in [-0.05, 0) is 25.0 Å². The minimum atomic E-state index is -0.399. The number of carbonyl (C=O) groups is 1. The Labute approximate surface area is 115 Å². The van der Waals surface area contributed by atoms with Gasteiger partial charge in [0.15, 0.2) is 0 Å². The molecule has 1 amide bonds. The fourth-order valence-electron chi connectivity index (χ4n) is 1.65. The van der Waals surface area contributed by atoms with E-state index in [1.165, 1.54) is 6.21 Å². The first-order chi connectivity index (χ1) is 8.68. The summed E-state index contributed by atoms with van der Waals surface area (Å²) in [6, 6.07) is 5.15. The van der Waals surface area contributed by atoms with Crippen molar-refractivity contribution >= 4 is 35.3 Å². The highest BCUT2D eigenvalue weighted by molar-refractivity contribution is 6.38. The lowest BCUT2D eigenvalue weighted by atomic mass is 10.2. The summed E-state index contributed by atoms with van der Waals surface area (Å²) >= 11 is 11.9. The van der Waals surface area contributed by atoms with Crippen LogP contribution in [0, 0.1) is 0 Å². The lowest BCUT2D eigenvalue weighted by Gasteiger charge is -2.06. The Bertz CT molecular complexity index is 451. The molecule has 18 heavy (non-hydrogen) atoms. The first kappa shape index (κ1) is 13.3. The van der Waals surface area contributed by atoms with Crippen LogP contribution in [0.3, 0.4) is 0 Å². The van der Waals surface area contributed by atoms with Crippen LogP contribution in [-0.2, 0) is 9.53 Å². The first-order valence-corrected chi connectivity index (χ1v) is 6.32. The lowest BCUT2D eigenvalue weighted by molar-refractivity contribution is -0.130. The van der Waals surface area contributed by atoms with Gasteiger partial charge in [0.05, 0.1) is 16.3 Å². The minimum Gasteiger partial charge on any atom is -0.368 e. The van der Waals surface area contributed by atoms with E-state index in [1.807, 2.05) is 0 Å². The summed E-state index contributed by atoms with van der Waals surface area (Å²) in [5.41, 5.74) is 2.99. The normalized spacial score (nSPS) is 19.3. The van der Waals surface area contributed by atoms with Gasteiger partial charge in [-0.15, -0.1) is 0 Å². The van der Waals surface area contributed by atoms with Gasteiger partial charge in [-0.2, -0.15) is 5.10 Å². The van der Waals surface area contributed by atoms with Gasteiger partial charge in [0.25, 0.3) is 5.91 Å². The number of carbonyl (C=O) groups excluding carboxylic acids is 1. The maximum atomic E-state index is 11.6. The van der Waals surface area contributed by atoms with Crippen LogP contribution in [0.15, 0.2) is 23.3 Å². The molecule has 1 fully saturated rings. The fourth-order valence-corrected chi connectivity index (χ4v) is 2.15. The molecule has 4 nitrogen and oxygen atoms in total. The number of nitrogens with zero attached hydrogens (tertiary/aromatic N) is 1. The number of hydrazone groups is 1. The third-order valence-electron chi connectivity index (χ3n) is 2.59. The second-order valence-corrected chi connectivity index (χ2v) is 4.69. The largest absolute Gasteiger partial charge is 0.368 e. The van der Waals surface area contributed by atoms with E-state index in [1.54, 1.807) is 18.2 Å². The van der Waals surface area contributed by atoms with Gasteiger partial charge in [-0.1, -0.05) is 29.3 Å². The monoisotopic (exact) mass is 286 g/mol. The van der Waals surface area contributed by atoms with E-state index in [9.17, 15) is 4.79 Å². The molecule has 0 aliphatic carbocycles. The number of rotatable bonds is 3. The van der Waals surface area contributed by atoms with Gasteiger partial charge < -0.3 is 4.74 Å². The molecule has 1 N–H and O–H groups in total. The first-order valence-electron chi connectivity index (χ1n) is 5.57. The maximum Gasteiger partial charge on any atom is 0.269 e. The molecule has 0 saturated carbocycles. The summed E-state index contributed by atoms with van der Waals surface area (Å²) in [6.07, 6.45) is 2.66. The molecule has 0 unspecified atom stereocenters. The molecular formula is C12H12Cl2N2O2. The predicted molar refractivity (Wildman–Crippen MR) is 71.2 cm³/mol. The highest BCUT2D eigenvalue weighted by Gasteiger charge is 2.22. The lowest BCUT2D eigenvalue weighted by Crippen LogP contribution is -2.30. The number of ether oxygens (including phenoxy) is 1. The van der Waals surface area contributed by atoms with E-state index >= 15 is 0 Å². The molecule has 1 atom stereocenters. The van der Waals surface area contributed by atoms with E-state index in [4.69, 9.17) is 27.9 Å². The number of benzene rings is 1. The van der Waals surface area contributed by atoms with E-state index in [-0.39, 0.29) is 5.91 Å². The molecule has 1 aliphatic heterocycles. The van der Waals surface area contributed by atoms with Crippen molar-refractivity contribution in [2.75, 3.05) is 6.61 Å². The van der Waals surface area contributed by atoms with Gasteiger partial charge in [0.1, 0.15) is 6.10 Å². The number of hydrogen-bond donors (Lipinski definition) is 1. The smallest absolute Gasteiger partial charge is 0.269 e. The highest BCUT2D eigenvalue weighted by atomic mass is 35.5. The molecule has 2 rings (SSSR count). The van der Waals surface area contributed by atoms with Crippen LogP contribution in [0.25, 0.3) is 0 Å². The fraction of sp³-hybridized carbons (Fsp3) is 0.333. The van der Waals surface area contributed by atoms with Crippen LogP contribution < -0.4 is 5.43 Å². The number of nitrogens with one attached hydrogen (secondary N) is 1. The Kier molecular flexibility index (Phi) is 4.58. The van der Waals surface area contributed by atoms with Crippen LogP contribution in [0.1, 0.15) is 18.4 Å². The third kappa shape index (κ3) is 3.22. The van der Waals surface area contributed by atoms with Gasteiger partial charge in [0.2, 0.25) is 0 Å². The van der Waals surface area contributed by atoms with Gasteiger partial charge in [0, 0.05) is 12.2 Å². The van der Waals surface area contributed by atoms with Crippen LogP contribution in [0.2, 0.25) is 10.0 Å². The van der Waals surface area contributed by atoms with Crippen molar-refractivity contribution in [3.05, 3.63) is 33.8 Å². The zero-order valence-corrected chi connectivity index (χ0v) is 11.0. The molecule has 0 spiro atoms. The van der Waals surface area contributed by atoms with Gasteiger partial charge in [-0.25, -0.2) is 5.43 Å². The van der Waals surface area contributed by atoms with Crippen LogP contribution in [0.5, 0.6) is 0 Å². The van der Waals surface area contributed by atoms with Crippen molar-refractivity contribution in [2.24, 2.45) is 5.10 Å². The number of hydrogen-bond acceptors (Lipinski definition) is 3. The molecule has 1 aromatic rings. The summed E-state index contributed by atoms with van der Waals surface area (Å²) in [5, 5.41) is 4.80. The molecule has 1 saturated heterocycles. The summed E-state index contributed by atoms with van der Waals surface area (Å²) in [6.45, 7) is 0.623. The second kappa shape index (κ2) is 6.18. The average Bonchev–Trinajstić information content (AvgIpc) is 2.86. The van der Waals surface area contributed by atoms with Crippen molar-refractivity contribution in [1.82, 2.24) is 5.43 Å². The zero-order chi connectivity index (χ0) is 13.0. The van der Waals surface area contributed by atoms with E-state index in [0.717, 1.165) is 12.8 Å². The van der Waals surface area contributed by atoms with Gasteiger partial charge >= 0.3 is 0 Å². The zero-order valence-electron chi connectivity index (χ0n) is 9.53. The average molecular weight is 287 g/mol. The van der Waals surface area contributed by atoms with Crippen molar-refractivity contribution in [1.29, 1.82) is 0 Å². The Balaban J connectivity index is 1.96. The molecular weight excluding hydrogens is 275 g/mol. The predicted octanol–water partition coefficient (Wildman–Crippen LogP) is 2.62. The second-order valence-electron chi connectivity index (χ2n) is 3.87. The number of amides is 1. The Morgan fingerprint density at radius 1 is 1.44 bits per heavy atom. The Morgan fingerprint density at radius 2 is 2.17 bits per heavy atom. The Hall–Kier alpha value is -1.10. The van der Waals surface area contributed by atoms with Gasteiger partial charge in [-0.3, -0.25) is 4.79 Å². The molecule has 0 bridgehead atoms. The summed E-state index contributed by atoms with van der Waals surface area (Å²) in [7, 11) is 0. The van der Waals surface area contributed by atoms with E-state index in [0.29, 0.717) is 22.2 Å². The molecule has 1 aromatic carbocycles. The molecule has 6 heteroatoms. The maximum absolute atomic E-state index is 11.6. The van der Waals surface area contributed by atoms with Crippen molar-refractivity contribution in [3.8, 4) is 0 Å². The molecule has 1 aliphatic rings. The summed E-state index contributed by atoms with van der Waals surface area (Å²) in [5.74, 6) is -0.244.